The molecule has 2 amide bonds. The van der Waals surface area contributed by atoms with Crippen LogP contribution in [0.4, 0.5) is 0 Å². The minimum atomic E-state index is -0.399. The van der Waals surface area contributed by atoms with E-state index >= 15 is 0 Å². The number of hydrogen-bond acceptors (Lipinski definition) is 5. The van der Waals surface area contributed by atoms with Crippen LogP contribution in [0.2, 0.25) is 0 Å². The van der Waals surface area contributed by atoms with Crippen LogP contribution in [0.5, 0.6) is 11.5 Å². The van der Waals surface area contributed by atoms with Crippen molar-refractivity contribution >= 4 is 34.0 Å². The van der Waals surface area contributed by atoms with Crippen LogP contribution in [0.1, 0.15) is 49.0 Å². The highest BCUT2D eigenvalue weighted by atomic mass is 79.9. The third-order valence-corrected chi connectivity index (χ3v) is 5.81. The molecule has 0 aliphatic carbocycles. The van der Waals surface area contributed by atoms with Crippen molar-refractivity contribution in [3.8, 4) is 11.5 Å². The molecule has 2 N–H and O–H groups in total. The van der Waals surface area contributed by atoms with Gasteiger partial charge in [-0.15, -0.1) is 0 Å². The number of aromatic hydroxyl groups is 1. The van der Waals surface area contributed by atoms with Gasteiger partial charge in [0.05, 0.1) is 6.21 Å². The summed E-state index contributed by atoms with van der Waals surface area (Å²) in [4.78, 5) is 26.7. The second-order valence-corrected chi connectivity index (χ2v) is 8.56. The first-order valence-electron chi connectivity index (χ1n) is 10.2. The van der Waals surface area contributed by atoms with Gasteiger partial charge in [0.15, 0.2) is 6.61 Å². The van der Waals surface area contributed by atoms with Crippen LogP contribution in [0.15, 0.2) is 52.0 Å². The Labute approximate surface area is 190 Å². The molecular weight excluding hydrogens is 462 g/mol. The summed E-state index contributed by atoms with van der Waals surface area (Å²) in [6.45, 7) is 4.11. The predicted octanol–water partition coefficient (Wildman–Crippen LogP) is 4.09. The quantitative estimate of drug-likeness (QED) is 0.474. The van der Waals surface area contributed by atoms with Crippen molar-refractivity contribution in [1.29, 1.82) is 0 Å². The molecule has 1 saturated heterocycles. The summed E-state index contributed by atoms with van der Waals surface area (Å²) < 4.78 is 6.42. The molecule has 31 heavy (non-hydrogen) atoms. The normalized spacial score (nSPS) is 18.7. The van der Waals surface area contributed by atoms with Crippen molar-refractivity contribution in [2.45, 2.75) is 45.2 Å². The number of benzene rings is 2. The molecule has 3 rings (SSSR count). The first-order valence-corrected chi connectivity index (χ1v) is 11.0. The van der Waals surface area contributed by atoms with E-state index in [9.17, 15) is 14.7 Å². The van der Waals surface area contributed by atoms with Gasteiger partial charge in [0.25, 0.3) is 11.8 Å². The molecule has 7 nitrogen and oxygen atoms in total. The number of carbonyl (C=O) groups is 2. The zero-order valence-corrected chi connectivity index (χ0v) is 19.1. The predicted molar refractivity (Wildman–Crippen MR) is 122 cm³/mol. The Balaban J connectivity index is 1.52. The highest BCUT2D eigenvalue weighted by Crippen LogP contribution is 2.23. The van der Waals surface area contributed by atoms with E-state index in [0.29, 0.717) is 16.9 Å². The Morgan fingerprint density at radius 1 is 1.19 bits per heavy atom. The fourth-order valence-electron chi connectivity index (χ4n) is 3.69. The molecule has 2 aromatic rings. The van der Waals surface area contributed by atoms with Crippen molar-refractivity contribution in [2.24, 2.45) is 5.10 Å². The number of nitrogens with zero attached hydrogens (tertiary/aromatic N) is 2. The highest BCUT2D eigenvalue weighted by Gasteiger charge is 2.28. The molecule has 2 aromatic carbocycles. The van der Waals surface area contributed by atoms with Gasteiger partial charge >= 0.3 is 0 Å². The molecule has 2 atom stereocenters. The van der Waals surface area contributed by atoms with E-state index in [0.717, 1.165) is 23.7 Å². The smallest absolute Gasteiger partial charge is 0.271 e. The number of carbonyl (C=O) groups excluding carboxylic acids is 2. The number of rotatable bonds is 6. The van der Waals surface area contributed by atoms with E-state index in [1.54, 1.807) is 36.4 Å². The molecule has 1 aliphatic rings. The topological polar surface area (TPSA) is 91.2 Å². The van der Waals surface area contributed by atoms with Gasteiger partial charge in [0, 0.05) is 27.7 Å². The highest BCUT2D eigenvalue weighted by molar-refractivity contribution is 9.10. The second kappa shape index (κ2) is 10.4. The monoisotopic (exact) mass is 487 g/mol. The third kappa shape index (κ3) is 6.07. The van der Waals surface area contributed by atoms with Crippen LogP contribution in [0.25, 0.3) is 0 Å². The summed E-state index contributed by atoms with van der Waals surface area (Å²) in [5, 5.41) is 13.7. The van der Waals surface area contributed by atoms with E-state index in [4.69, 9.17) is 4.74 Å². The molecule has 1 aliphatic heterocycles. The molecule has 0 bridgehead atoms. The summed E-state index contributed by atoms with van der Waals surface area (Å²) in [7, 11) is 0. The average Bonchev–Trinajstić information content (AvgIpc) is 2.75. The maximum atomic E-state index is 12.5. The Morgan fingerprint density at radius 2 is 1.87 bits per heavy atom. The zero-order valence-electron chi connectivity index (χ0n) is 17.5. The maximum absolute atomic E-state index is 12.5. The van der Waals surface area contributed by atoms with Crippen LogP contribution in [0, 0.1) is 0 Å². The molecule has 0 saturated carbocycles. The van der Waals surface area contributed by atoms with E-state index in [1.807, 2.05) is 4.90 Å². The number of nitrogens with one attached hydrogen (secondary N) is 1. The molecule has 8 heteroatoms. The first-order chi connectivity index (χ1) is 14.8. The lowest BCUT2D eigenvalue weighted by Crippen LogP contribution is -2.49. The lowest BCUT2D eigenvalue weighted by molar-refractivity contribution is -0.139. The number of halogens is 1. The van der Waals surface area contributed by atoms with Crippen molar-refractivity contribution in [3.05, 3.63) is 58.1 Å². The Kier molecular flexibility index (Phi) is 7.68. The minimum absolute atomic E-state index is 0.0216. The van der Waals surface area contributed by atoms with Crippen molar-refractivity contribution < 1.29 is 19.4 Å². The summed E-state index contributed by atoms with van der Waals surface area (Å²) >= 11 is 3.31. The van der Waals surface area contributed by atoms with E-state index < -0.39 is 5.91 Å². The fraction of sp³-hybridized carbons (Fsp3) is 0.348. The van der Waals surface area contributed by atoms with Gasteiger partial charge in [-0.05, 0) is 75.6 Å². The maximum Gasteiger partial charge on any atom is 0.271 e. The zero-order chi connectivity index (χ0) is 22.4. The Bertz CT molecular complexity index is 952. The van der Waals surface area contributed by atoms with Gasteiger partial charge in [0.2, 0.25) is 0 Å². The van der Waals surface area contributed by atoms with Gasteiger partial charge in [0.1, 0.15) is 11.5 Å². The SMILES string of the molecule is C[C@@H]1CCC[C@H](C)N1C(=O)COc1ccc(C(=O)N/N=C\c2cc(Br)ccc2O)cc1. The first kappa shape index (κ1) is 22.8. The molecule has 164 valence electrons. The second-order valence-electron chi connectivity index (χ2n) is 7.65. The largest absolute Gasteiger partial charge is 0.507 e. The number of hydrazone groups is 1. The minimum Gasteiger partial charge on any atom is -0.507 e. The van der Waals surface area contributed by atoms with Crippen LogP contribution in [-0.2, 0) is 4.79 Å². The van der Waals surface area contributed by atoms with Gasteiger partial charge in [-0.25, -0.2) is 5.43 Å². The van der Waals surface area contributed by atoms with Crippen LogP contribution < -0.4 is 10.2 Å². The standard InChI is InChI=1S/C23H26BrN3O4/c1-15-4-3-5-16(2)27(15)22(29)14-31-20-9-6-17(7-10-20)23(30)26-25-13-18-12-19(24)8-11-21(18)28/h6-13,15-16,28H,3-5,14H2,1-2H3,(H,26,30)/b25-13-/t15-,16+. The molecule has 1 heterocycles. The van der Waals surface area contributed by atoms with Crippen LogP contribution in [0.3, 0.4) is 0 Å². The Morgan fingerprint density at radius 3 is 2.55 bits per heavy atom. The third-order valence-electron chi connectivity index (χ3n) is 5.32. The van der Waals surface area contributed by atoms with Gasteiger partial charge in [-0.2, -0.15) is 5.10 Å². The number of amides is 2. The lowest BCUT2D eigenvalue weighted by atomic mass is 9.97. The summed E-state index contributed by atoms with van der Waals surface area (Å²) in [5.41, 5.74) is 3.29. The lowest BCUT2D eigenvalue weighted by Gasteiger charge is -2.38. The van der Waals surface area contributed by atoms with E-state index in [-0.39, 0.29) is 30.3 Å². The number of piperidine rings is 1. The molecule has 1 fully saturated rings. The molecule has 0 radical (unpaired) electrons. The van der Waals surface area contributed by atoms with Gasteiger partial charge in [-0.3, -0.25) is 9.59 Å². The van der Waals surface area contributed by atoms with Crippen molar-refractivity contribution in [2.75, 3.05) is 6.61 Å². The number of hydrogen-bond donors (Lipinski definition) is 2. The molecule has 0 aromatic heterocycles. The number of likely N-dealkylation sites (tertiary alicyclic amines) is 1. The van der Waals surface area contributed by atoms with E-state index in [1.165, 1.54) is 12.3 Å². The number of ether oxygens (including phenoxy) is 1. The van der Waals surface area contributed by atoms with Crippen molar-refractivity contribution in [3.63, 3.8) is 0 Å². The Hall–Kier alpha value is -2.87. The number of phenols is 1. The summed E-state index contributed by atoms with van der Waals surface area (Å²) in [6, 6.07) is 11.9. The van der Waals surface area contributed by atoms with Gasteiger partial charge < -0.3 is 14.7 Å². The molecular formula is C23H26BrN3O4. The summed E-state index contributed by atoms with van der Waals surface area (Å²) in [6.07, 6.45) is 4.54. The van der Waals surface area contributed by atoms with Gasteiger partial charge in [-0.1, -0.05) is 15.9 Å². The summed E-state index contributed by atoms with van der Waals surface area (Å²) in [5.74, 6) is 0.159. The molecule has 0 unspecified atom stereocenters. The fourth-order valence-corrected chi connectivity index (χ4v) is 4.07. The van der Waals surface area contributed by atoms with Crippen LogP contribution >= 0.6 is 15.9 Å². The average molecular weight is 488 g/mol. The number of phenolic OH excluding ortho intramolecular Hbond substituents is 1. The van der Waals surface area contributed by atoms with Crippen LogP contribution in [-0.4, -0.2) is 46.7 Å². The molecule has 0 spiro atoms. The van der Waals surface area contributed by atoms with Crippen molar-refractivity contribution in [1.82, 2.24) is 10.3 Å². The van der Waals surface area contributed by atoms with E-state index in [2.05, 4.69) is 40.3 Å².